The number of carbonyl (C=O) groups excluding carboxylic acids is 1. The highest BCUT2D eigenvalue weighted by molar-refractivity contribution is 8.00. The van der Waals surface area contributed by atoms with E-state index in [-0.39, 0.29) is 28.0 Å². The Hall–Kier alpha value is -3.18. The van der Waals surface area contributed by atoms with Crippen molar-refractivity contribution in [2.24, 2.45) is 0 Å². The first-order valence-electron chi connectivity index (χ1n) is 7.54. The normalized spacial score (nSPS) is 11.7. The summed E-state index contributed by atoms with van der Waals surface area (Å²) in [6, 6.07) is 10.2. The van der Waals surface area contributed by atoms with E-state index >= 15 is 0 Å². The summed E-state index contributed by atoms with van der Waals surface area (Å²) in [4.78, 5) is 31.3. The number of H-pyrrole nitrogens is 1. The maximum atomic E-state index is 13.0. The summed E-state index contributed by atoms with van der Waals surface area (Å²) in [7, 11) is 0. The van der Waals surface area contributed by atoms with Crippen LogP contribution in [-0.2, 0) is 0 Å². The number of nitrogens with zero attached hydrogens (tertiary/aromatic N) is 2. The minimum absolute atomic E-state index is 0.116. The van der Waals surface area contributed by atoms with Crippen molar-refractivity contribution >= 4 is 17.5 Å². The van der Waals surface area contributed by atoms with Gasteiger partial charge in [-0.25, -0.2) is 9.37 Å². The van der Waals surface area contributed by atoms with Crippen LogP contribution in [0.1, 0.15) is 22.8 Å². The molecule has 1 atom stereocenters. The van der Waals surface area contributed by atoms with E-state index < -0.39 is 16.6 Å². The van der Waals surface area contributed by atoms with E-state index in [9.17, 15) is 19.2 Å². The van der Waals surface area contributed by atoms with E-state index in [1.165, 1.54) is 30.5 Å². The van der Waals surface area contributed by atoms with Gasteiger partial charge in [0.2, 0.25) is 0 Å². The van der Waals surface area contributed by atoms with Gasteiger partial charge in [0.15, 0.2) is 16.7 Å². The summed E-state index contributed by atoms with van der Waals surface area (Å²) in [5.41, 5.74) is -0.307. The highest BCUT2D eigenvalue weighted by atomic mass is 32.2. The van der Waals surface area contributed by atoms with Gasteiger partial charge in [-0.1, -0.05) is 11.8 Å². The van der Waals surface area contributed by atoms with Crippen LogP contribution in [0.25, 0.3) is 11.5 Å². The van der Waals surface area contributed by atoms with Crippen molar-refractivity contribution in [2.75, 3.05) is 0 Å². The molecule has 0 bridgehead atoms. The molecule has 0 aliphatic carbocycles. The molecule has 0 saturated heterocycles. The van der Waals surface area contributed by atoms with Gasteiger partial charge in [0.1, 0.15) is 23.1 Å². The average Bonchev–Trinajstić information content (AvgIpc) is 3.16. The third-order valence-electron chi connectivity index (χ3n) is 3.55. The Morgan fingerprint density at radius 1 is 1.35 bits per heavy atom. The Balaban J connectivity index is 1.90. The molecule has 2 heterocycles. The van der Waals surface area contributed by atoms with E-state index in [0.717, 1.165) is 11.8 Å². The highest BCUT2D eigenvalue weighted by Gasteiger charge is 2.21. The fraction of sp³-hybridized carbons (Fsp3) is 0.111. The number of halogens is 1. The zero-order valence-electron chi connectivity index (χ0n) is 13.5. The Bertz CT molecular complexity index is 1040. The van der Waals surface area contributed by atoms with Crippen LogP contribution < -0.4 is 5.56 Å². The molecule has 0 spiro atoms. The van der Waals surface area contributed by atoms with Crippen LogP contribution in [0.2, 0.25) is 0 Å². The molecule has 26 heavy (non-hydrogen) atoms. The molecule has 1 aromatic carbocycles. The second-order valence-corrected chi connectivity index (χ2v) is 6.64. The van der Waals surface area contributed by atoms with Gasteiger partial charge >= 0.3 is 0 Å². The number of furan rings is 1. The number of thioether (sulfide) groups is 1. The molecule has 1 unspecified atom stereocenters. The Morgan fingerprint density at radius 3 is 2.69 bits per heavy atom. The van der Waals surface area contributed by atoms with E-state index in [4.69, 9.17) is 4.42 Å². The second kappa shape index (κ2) is 7.37. The zero-order chi connectivity index (χ0) is 18.7. The van der Waals surface area contributed by atoms with Crippen LogP contribution in [0.15, 0.2) is 57.0 Å². The molecule has 0 saturated carbocycles. The summed E-state index contributed by atoms with van der Waals surface area (Å²) in [5.74, 6) is -0.378. The maximum absolute atomic E-state index is 13.0. The lowest BCUT2D eigenvalue weighted by atomic mass is 10.1. The van der Waals surface area contributed by atoms with Crippen molar-refractivity contribution in [3.05, 3.63) is 70.0 Å². The molecule has 3 aromatic rings. The predicted octanol–water partition coefficient (Wildman–Crippen LogP) is 3.40. The van der Waals surface area contributed by atoms with Crippen molar-refractivity contribution in [1.29, 1.82) is 5.26 Å². The molecule has 2 aromatic heterocycles. The van der Waals surface area contributed by atoms with Gasteiger partial charge in [-0.05, 0) is 43.3 Å². The van der Waals surface area contributed by atoms with Crippen molar-refractivity contribution in [2.45, 2.75) is 17.3 Å². The molecule has 6 nitrogen and oxygen atoms in total. The van der Waals surface area contributed by atoms with Crippen LogP contribution in [0.4, 0.5) is 4.39 Å². The van der Waals surface area contributed by atoms with Crippen molar-refractivity contribution in [3.63, 3.8) is 0 Å². The number of aromatic nitrogens is 2. The van der Waals surface area contributed by atoms with E-state index in [1.807, 2.05) is 6.07 Å². The molecule has 3 rings (SSSR count). The third kappa shape index (κ3) is 3.58. The molecule has 0 aliphatic rings. The fourth-order valence-corrected chi connectivity index (χ4v) is 3.15. The minimum atomic E-state index is -0.613. The van der Waals surface area contributed by atoms with Crippen LogP contribution >= 0.6 is 11.8 Å². The molecule has 130 valence electrons. The summed E-state index contributed by atoms with van der Waals surface area (Å²) in [6.07, 6.45) is 1.41. The largest absolute Gasteiger partial charge is 0.463 e. The summed E-state index contributed by atoms with van der Waals surface area (Å²) < 4.78 is 18.2. The summed E-state index contributed by atoms with van der Waals surface area (Å²) >= 11 is 1.03. The Labute approximate surface area is 151 Å². The quantitative estimate of drug-likeness (QED) is 0.420. The number of nitriles is 1. The van der Waals surface area contributed by atoms with Gasteiger partial charge in [0, 0.05) is 5.56 Å². The van der Waals surface area contributed by atoms with Gasteiger partial charge in [0.25, 0.3) is 5.56 Å². The number of Topliss-reactive ketones (excluding diaryl/α,β-unsaturated/α-hetero) is 1. The highest BCUT2D eigenvalue weighted by Crippen LogP contribution is 2.26. The number of hydrogen-bond donors (Lipinski definition) is 1. The minimum Gasteiger partial charge on any atom is -0.463 e. The lowest BCUT2D eigenvalue weighted by molar-refractivity contribution is 0.0994. The number of nitrogens with one attached hydrogen (secondary N) is 1. The summed E-state index contributed by atoms with van der Waals surface area (Å²) in [6.45, 7) is 1.65. The predicted molar refractivity (Wildman–Crippen MR) is 93.3 cm³/mol. The topological polar surface area (TPSA) is 99.8 Å². The summed E-state index contributed by atoms with van der Waals surface area (Å²) in [5, 5.41) is 8.79. The van der Waals surface area contributed by atoms with Crippen LogP contribution in [0.3, 0.4) is 0 Å². The van der Waals surface area contributed by atoms with Gasteiger partial charge < -0.3 is 9.40 Å². The first-order chi connectivity index (χ1) is 12.5. The maximum Gasteiger partial charge on any atom is 0.270 e. The van der Waals surface area contributed by atoms with Crippen LogP contribution in [0, 0.1) is 17.1 Å². The second-order valence-electron chi connectivity index (χ2n) is 5.32. The van der Waals surface area contributed by atoms with Crippen molar-refractivity contribution in [1.82, 2.24) is 9.97 Å². The van der Waals surface area contributed by atoms with E-state index in [0.29, 0.717) is 5.56 Å². The first-order valence-corrected chi connectivity index (χ1v) is 8.42. The van der Waals surface area contributed by atoms with Crippen LogP contribution in [-0.4, -0.2) is 21.0 Å². The Morgan fingerprint density at radius 2 is 2.08 bits per heavy atom. The van der Waals surface area contributed by atoms with Gasteiger partial charge in [0.05, 0.1) is 11.5 Å². The number of benzene rings is 1. The number of carbonyl (C=O) groups is 1. The smallest absolute Gasteiger partial charge is 0.270 e. The number of ketones is 1. The third-order valence-corrected chi connectivity index (χ3v) is 4.53. The standard InChI is InChI=1S/C18H12FN3O3S/c1-10(16(23)11-4-6-12(19)7-5-11)26-18-21-15(14-3-2-8-25-14)13(9-20)17(24)22-18/h2-8,10H,1H3,(H,21,22,24). The molecule has 0 fully saturated rings. The molecule has 8 heteroatoms. The van der Waals surface area contributed by atoms with E-state index in [1.54, 1.807) is 19.1 Å². The number of rotatable bonds is 5. The molecule has 0 aliphatic heterocycles. The monoisotopic (exact) mass is 369 g/mol. The van der Waals surface area contributed by atoms with E-state index in [2.05, 4.69) is 9.97 Å². The van der Waals surface area contributed by atoms with Crippen molar-refractivity contribution < 1.29 is 13.6 Å². The molecule has 1 N–H and O–H groups in total. The lowest BCUT2D eigenvalue weighted by Crippen LogP contribution is -2.18. The number of aromatic amines is 1. The van der Waals surface area contributed by atoms with Crippen LogP contribution in [0.5, 0.6) is 0 Å². The first kappa shape index (κ1) is 17.6. The Kier molecular flexibility index (Phi) is 5.00. The zero-order valence-corrected chi connectivity index (χ0v) is 14.3. The molecular weight excluding hydrogens is 357 g/mol. The fourth-order valence-electron chi connectivity index (χ4n) is 2.27. The molecular formula is C18H12FN3O3S. The van der Waals surface area contributed by atoms with Gasteiger partial charge in [-0.2, -0.15) is 5.26 Å². The average molecular weight is 369 g/mol. The SMILES string of the molecule is CC(Sc1nc(-c2ccco2)c(C#N)c(=O)[nH]1)C(=O)c1ccc(F)cc1. The number of hydrogen-bond acceptors (Lipinski definition) is 6. The lowest BCUT2D eigenvalue weighted by Gasteiger charge is -2.10. The molecule has 0 amide bonds. The molecule has 0 radical (unpaired) electrons. The van der Waals surface area contributed by atoms with Gasteiger partial charge in [-0.15, -0.1) is 0 Å². The van der Waals surface area contributed by atoms with Gasteiger partial charge in [-0.3, -0.25) is 9.59 Å². The van der Waals surface area contributed by atoms with Crippen molar-refractivity contribution in [3.8, 4) is 17.5 Å².